The van der Waals surface area contributed by atoms with Gasteiger partial charge in [0.25, 0.3) is 0 Å². The molecule has 0 spiro atoms. The van der Waals surface area contributed by atoms with E-state index in [2.05, 4.69) is 45.1 Å². The van der Waals surface area contributed by atoms with E-state index in [4.69, 9.17) is 16.3 Å². The highest BCUT2D eigenvalue weighted by molar-refractivity contribution is 6.31. The molecule has 3 heteroatoms. The maximum absolute atomic E-state index is 6.38. The van der Waals surface area contributed by atoms with E-state index in [9.17, 15) is 0 Å². The Morgan fingerprint density at radius 1 is 1.21 bits per heavy atom. The molecule has 106 valence electrons. The Kier molecular flexibility index (Phi) is 4.88. The first-order valence-electron chi connectivity index (χ1n) is 7.19. The molecule has 0 radical (unpaired) electrons. The Morgan fingerprint density at radius 3 is 2.42 bits per heavy atom. The van der Waals surface area contributed by atoms with Gasteiger partial charge >= 0.3 is 0 Å². The Morgan fingerprint density at radius 2 is 1.89 bits per heavy atom. The molecule has 1 aliphatic heterocycles. The third-order valence-corrected chi connectivity index (χ3v) is 4.71. The lowest BCUT2D eigenvalue weighted by Crippen LogP contribution is -2.35. The van der Waals surface area contributed by atoms with Gasteiger partial charge in [-0.25, -0.2) is 0 Å². The minimum atomic E-state index is 0.255. The van der Waals surface area contributed by atoms with Crippen molar-refractivity contribution in [1.82, 2.24) is 5.32 Å². The van der Waals surface area contributed by atoms with Gasteiger partial charge in [-0.05, 0) is 37.9 Å². The van der Waals surface area contributed by atoms with Gasteiger partial charge in [0.2, 0.25) is 0 Å². The maximum Gasteiger partial charge on any atom is 0.0600 e. The molecular weight excluding hydrogens is 258 g/mol. The predicted molar refractivity (Wildman–Crippen MR) is 80.5 cm³/mol. The molecule has 1 aromatic carbocycles. The summed E-state index contributed by atoms with van der Waals surface area (Å²) in [5.74, 6) is 0.977. The van der Waals surface area contributed by atoms with Crippen LogP contribution >= 0.6 is 11.6 Å². The zero-order valence-corrected chi connectivity index (χ0v) is 12.9. The van der Waals surface area contributed by atoms with Crippen LogP contribution in [0.1, 0.15) is 39.3 Å². The van der Waals surface area contributed by atoms with Crippen LogP contribution in [0.4, 0.5) is 0 Å². The average Bonchev–Trinajstić information content (AvgIpc) is 2.62. The van der Waals surface area contributed by atoms with E-state index in [0.29, 0.717) is 17.9 Å². The van der Waals surface area contributed by atoms with E-state index in [1.807, 2.05) is 12.1 Å². The van der Waals surface area contributed by atoms with Gasteiger partial charge in [-0.2, -0.15) is 0 Å². The molecule has 1 aliphatic rings. The molecule has 0 bridgehead atoms. The van der Waals surface area contributed by atoms with Gasteiger partial charge in [0.15, 0.2) is 0 Å². The molecule has 1 saturated heterocycles. The first-order chi connectivity index (χ1) is 9.06. The molecule has 5 atom stereocenters. The summed E-state index contributed by atoms with van der Waals surface area (Å²) in [5, 5.41) is 4.44. The summed E-state index contributed by atoms with van der Waals surface area (Å²) in [4.78, 5) is 0. The number of benzene rings is 1. The van der Waals surface area contributed by atoms with Gasteiger partial charge in [-0.1, -0.05) is 43.6 Å². The molecule has 0 aromatic heterocycles. The fraction of sp³-hybridized carbons (Fsp3) is 0.625. The number of halogens is 1. The largest absolute Gasteiger partial charge is 0.375 e. The Bertz CT molecular complexity index is 423. The van der Waals surface area contributed by atoms with Crippen LogP contribution < -0.4 is 5.32 Å². The monoisotopic (exact) mass is 281 g/mol. The van der Waals surface area contributed by atoms with Gasteiger partial charge in [-0.15, -0.1) is 0 Å². The summed E-state index contributed by atoms with van der Waals surface area (Å²) >= 11 is 6.38. The van der Waals surface area contributed by atoms with Crippen molar-refractivity contribution >= 4 is 11.6 Å². The number of hydrogen-bond acceptors (Lipinski definition) is 2. The summed E-state index contributed by atoms with van der Waals surface area (Å²) in [6.07, 6.45) is 0.564. The van der Waals surface area contributed by atoms with Crippen molar-refractivity contribution in [2.45, 2.75) is 45.9 Å². The highest BCUT2D eigenvalue weighted by Gasteiger charge is 2.42. The molecule has 1 N–H and O–H groups in total. The smallest absolute Gasteiger partial charge is 0.0600 e. The lowest BCUT2D eigenvalue weighted by Gasteiger charge is -2.30. The molecule has 1 aromatic rings. The van der Waals surface area contributed by atoms with E-state index in [1.165, 1.54) is 5.56 Å². The summed E-state index contributed by atoms with van der Waals surface area (Å²) in [6.45, 7) is 9.68. The second-order valence-corrected chi connectivity index (χ2v) is 5.95. The van der Waals surface area contributed by atoms with Gasteiger partial charge < -0.3 is 10.1 Å². The van der Waals surface area contributed by atoms with Crippen LogP contribution in [0.25, 0.3) is 0 Å². The summed E-state index contributed by atoms with van der Waals surface area (Å²) in [6, 6.07) is 8.39. The highest BCUT2D eigenvalue weighted by atomic mass is 35.5. The molecule has 19 heavy (non-hydrogen) atoms. The summed E-state index contributed by atoms with van der Waals surface area (Å²) in [7, 11) is 0. The van der Waals surface area contributed by atoms with Gasteiger partial charge in [-0.3, -0.25) is 0 Å². The normalized spacial score (nSPS) is 32.5. The van der Waals surface area contributed by atoms with Crippen LogP contribution in [0.5, 0.6) is 0 Å². The molecule has 1 heterocycles. The number of rotatable bonds is 4. The Hall–Kier alpha value is -0.570. The quantitative estimate of drug-likeness (QED) is 0.899. The second-order valence-electron chi connectivity index (χ2n) is 5.54. The van der Waals surface area contributed by atoms with Crippen molar-refractivity contribution in [2.24, 2.45) is 11.8 Å². The Balaban J connectivity index is 2.33. The molecular formula is C16H24ClNO. The lowest BCUT2D eigenvalue weighted by molar-refractivity contribution is 0.0476. The first-order valence-corrected chi connectivity index (χ1v) is 7.57. The molecule has 0 aliphatic carbocycles. The number of nitrogens with one attached hydrogen (secondary N) is 1. The fourth-order valence-corrected chi connectivity index (χ4v) is 3.52. The fourth-order valence-electron chi connectivity index (χ4n) is 3.27. The predicted octanol–water partition coefficient (Wildman–Crippen LogP) is 4.05. The van der Waals surface area contributed by atoms with E-state index in [-0.39, 0.29) is 12.1 Å². The first kappa shape index (κ1) is 14.8. The average molecular weight is 282 g/mol. The van der Waals surface area contributed by atoms with Gasteiger partial charge in [0, 0.05) is 17.0 Å². The van der Waals surface area contributed by atoms with Crippen LogP contribution in [0, 0.1) is 11.8 Å². The second kappa shape index (κ2) is 6.25. The van der Waals surface area contributed by atoms with Crippen molar-refractivity contribution in [3.8, 4) is 0 Å². The van der Waals surface area contributed by atoms with Crippen molar-refractivity contribution < 1.29 is 4.74 Å². The summed E-state index contributed by atoms with van der Waals surface area (Å²) in [5.41, 5.74) is 1.19. The minimum absolute atomic E-state index is 0.255. The molecule has 0 saturated carbocycles. The van der Waals surface area contributed by atoms with Crippen LogP contribution in [0.2, 0.25) is 5.02 Å². The van der Waals surface area contributed by atoms with E-state index in [1.54, 1.807) is 0 Å². The molecule has 0 amide bonds. The highest BCUT2D eigenvalue weighted by Crippen LogP contribution is 2.42. The van der Waals surface area contributed by atoms with Crippen molar-refractivity contribution in [3.05, 3.63) is 34.9 Å². The van der Waals surface area contributed by atoms with Crippen LogP contribution in [0.3, 0.4) is 0 Å². The zero-order valence-electron chi connectivity index (χ0n) is 12.2. The lowest BCUT2D eigenvalue weighted by atomic mass is 9.80. The molecule has 2 rings (SSSR count). The topological polar surface area (TPSA) is 21.3 Å². The molecule has 1 fully saturated rings. The van der Waals surface area contributed by atoms with Gasteiger partial charge in [0.05, 0.1) is 12.2 Å². The summed E-state index contributed by atoms with van der Waals surface area (Å²) < 4.78 is 5.99. The van der Waals surface area contributed by atoms with Crippen LogP contribution in [-0.4, -0.2) is 18.8 Å². The number of hydrogen-bond donors (Lipinski definition) is 1. The zero-order chi connectivity index (χ0) is 14.0. The number of ether oxygens (including phenoxy) is 1. The van der Waals surface area contributed by atoms with Crippen molar-refractivity contribution in [1.29, 1.82) is 0 Å². The van der Waals surface area contributed by atoms with E-state index in [0.717, 1.165) is 11.6 Å². The van der Waals surface area contributed by atoms with Crippen molar-refractivity contribution in [2.75, 3.05) is 6.54 Å². The Labute approximate surface area is 121 Å². The van der Waals surface area contributed by atoms with Crippen LogP contribution in [-0.2, 0) is 4.74 Å². The van der Waals surface area contributed by atoms with Crippen LogP contribution in [0.15, 0.2) is 24.3 Å². The minimum Gasteiger partial charge on any atom is -0.375 e. The third kappa shape index (κ3) is 2.96. The molecule has 5 unspecified atom stereocenters. The van der Waals surface area contributed by atoms with Crippen molar-refractivity contribution in [3.63, 3.8) is 0 Å². The maximum atomic E-state index is 6.38. The molecule has 2 nitrogen and oxygen atoms in total. The van der Waals surface area contributed by atoms with E-state index >= 15 is 0 Å². The standard InChI is InChI=1S/C16H24ClNO/c1-5-18-16(13-8-6-7-9-14(13)17)15-10(2)11(3)19-12(15)4/h6-12,15-16,18H,5H2,1-4H3. The SMILES string of the molecule is CCNC(c1ccccc1Cl)C1C(C)OC(C)C1C. The van der Waals surface area contributed by atoms with E-state index < -0.39 is 0 Å². The van der Waals surface area contributed by atoms with Gasteiger partial charge in [0.1, 0.15) is 0 Å². The third-order valence-electron chi connectivity index (χ3n) is 4.37.